The molecule has 0 saturated heterocycles. The van der Waals surface area contributed by atoms with Gasteiger partial charge in [0.2, 0.25) is 5.91 Å². The second-order valence-electron chi connectivity index (χ2n) is 5.53. The van der Waals surface area contributed by atoms with Gasteiger partial charge in [-0.1, -0.05) is 29.8 Å². The first-order chi connectivity index (χ1) is 12.4. The summed E-state index contributed by atoms with van der Waals surface area (Å²) in [7, 11) is 0. The average Bonchev–Trinajstić information content (AvgIpc) is 2.61. The molecule has 0 spiro atoms. The van der Waals surface area contributed by atoms with Crippen molar-refractivity contribution in [3.8, 4) is 5.75 Å². The van der Waals surface area contributed by atoms with Crippen molar-refractivity contribution in [3.63, 3.8) is 0 Å². The predicted octanol–water partition coefficient (Wildman–Crippen LogP) is 4.54. The van der Waals surface area contributed by atoms with Crippen LogP contribution in [-0.4, -0.2) is 17.4 Å². The van der Waals surface area contributed by atoms with E-state index in [0.717, 1.165) is 11.3 Å². The first-order valence-electron chi connectivity index (χ1n) is 8.06. The van der Waals surface area contributed by atoms with Crippen LogP contribution in [0.15, 0.2) is 48.5 Å². The van der Waals surface area contributed by atoms with Crippen molar-refractivity contribution in [2.75, 3.05) is 6.61 Å². The number of rotatable bonds is 7. The minimum absolute atomic E-state index is 0.0562. The van der Waals surface area contributed by atoms with Crippen LogP contribution in [0.1, 0.15) is 31.0 Å². The van der Waals surface area contributed by atoms with Crippen molar-refractivity contribution in [1.82, 2.24) is 5.32 Å². The van der Waals surface area contributed by atoms with Crippen LogP contribution in [0.4, 0.5) is 5.69 Å². The number of carbonyl (C=O) groups is 1. The molecule has 0 fully saturated rings. The summed E-state index contributed by atoms with van der Waals surface area (Å²) in [4.78, 5) is 22.4. The van der Waals surface area contributed by atoms with Crippen LogP contribution in [0.5, 0.6) is 5.75 Å². The summed E-state index contributed by atoms with van der Waals surface area (Å²) in [5.74, 6) is 0.475. The van der Waals surface area contributed by atoms with Gasteiger partial charge >= 0.3 is 0 Å². The lowest BCUT2D eigenvalue weighted by Crippen LogP contribution is -2.24. The molecular formula is C19H19ClN2O4. The monoisotopic (exact) mass is 374 g/mol. The fraction of sp³-hybridized carbons (Fsp3) is 0.211. The van der Waals surface area contributed by atoms with Gasteiger partial charge in [0.25, 0.3) is 5.69 Å². The molecule has 26 heavy (non-hydrogen) atoms. The lowest BCUT2D eigenvalue weighted by Gasteiger charge is -2.13. The van der Waals surface area contributed by atoms with Crippen molar-refractivity contribution in [1.29, 1.82) is 0 Å². The first kappa shape index (κ1) is 19.5. The highest BCUT2D eigenvalue weighted by Gasteiger charge is 2.12. The Morgan fingerprint density at radius 3 is 2.62 bits per heavy atom. The number of carbonyl (C=O) groups excluding carboxylic acids is 1. The molecule has 7 heteroatoms. The molecule has 0 saturated carbocycles. The lowest BCUT2D eigenvalue weighted by atomic mass is 10.1. The molecule has 1 N–H and O–H groups in total. The van der Waals surface area contributed by atoms with Gasteiger partial charge in [0.1, 0.15) is 10.8 Å². The highest BCUT2D eigenvalue weighted by molar-refractivity contribution is 6.32. The highest BCUT2D eigenvalue weighted by Crippen LogP contribution is 2.25. The van der Waals surface area contributed by atoms with Crippen LogP contribution >= 0.6 is 11.6 Å². The van der Waals surface area contributed by atoms with Crippen LogP contribution in [0.25, 0.3) is 6.08 Å². The van der Waals surface area contributed by atoms with Crippen LogP contribution in [0.3, 0.4) is 0 Å². The van der Waals surface area contributed by atoms with E-state index in [1.807, 2.05) is 38.1 Å². The third kappa shape index (κ3) is 5.32. The fourth-order valence-electron chi connectivity index (χ4n) is 2.31. The summed E-state index contributed by atoms with van der Waals surface area (Å²) in [6.07, 6.45) is 2.83. The number of nitrogens with one attached hydrogen (secondary N) is 1. The van der Waals surface area contributed by atoms with Crippen molar-refractivity contribution in [3.05, 3.63) is 74.8 Å². The Morgan fingerprint density at radius 1 is 1.31 bits per heavy atom. The smallest absolute Gasteiger partial charge is 0.288 e. The Labute approximate surface area is 156 Å². The van der Waals surface area contributed by atoms with Gasteiger partial charge < -0.3 is 10.1 Å². The van der Waals surface area contributed by atoms with E-state index >= 15 is 0 Å². The largest absolute Gasteiger partial charge is 0.494 e. The number of nitro benzene ring substituents is 1. The predicted molar refractivity (Wildman–Crippen MR) is 101 cm³/mol. The van der Waals surface area contributed by atoms with Gasteiger partial charge in [-0.2, -0.15) is 0 Å². The summed E-state index contributed by atoms with van der Waals surface area (Å²) >= 11 is 5.77. The van der Waals surface area contributed by atoms with Gasteiger partial charge in [-0.15, -0.1) is 0 Å². The molecule has 2 rings (SSSR count). The van der Waals surface area contributed by atoms with Gasteiger partial charge in [-0.3, -0.25) is 14.9 Å². The SMILES string of the molecule is CCOc1ccc(C(C)NC(=O)/C=C/c2ccc(Cl)c([N+](=O)[O-])c2)cc1. The van der Waals surface area contributed by atoms with Gasteiger partial charge in [-0.25, -0.2) is 0 Å². The Bertz CT molecular complexity index is 819. The summed E-state index contributed by atoms with van der Waals surface area (Å²) in [5, 5.41) is 13.8. The second kappa shape index (κ2) is 9.01. The Hall–Kier alpha value is -2.86. The molecule has 1 unspecified atom stereocenters. The maximum atomic E-state index is 12.1. The first-order valence-corrected chi connectivity index (χ1v) is 8.43. The number of nitrogens with zero attached hydrogens (tertiary/aromatic N) is 1. The Kier molecular flexibility index (Phi) is 6.74. The summed E-state index contributed by atoms with van der Waals surface area (Å²) in [5.41, 5.74) is 1.26. The zero-order valence-corrected chi connectivity index (χ0v) is 15.2. The summed E-state index contributed by atoms with van der Waals surface area (Å²) in [6, 6.07) is 11.7. The molecule has 0 aliphatic rings. The number of hydrogen-bond acceptors (Lipinski definition) is 4. The maximum Gasteiger partial charge on any atom is 0.288 e. The number of amides is 1. The molecule has 0 radical (unpaired) electrons. The van der Waals surface area contributed by atoms with E-state index < -0.39 is 4.92 Å². The van der Waals surface area contributed by atoms with E-state index in [2.05, 4.69) is 5.32 Å². The molecule has 0 aromatic heterocycles. The van der Waals surface area contributed by atoms with Gasteiger partial charge in [0.15, 0.2) is 0 Å². The van der Waals surface area contributed by atoms with E-state index in [4.69, 9.17) is 16.3 Å². The molecule has 2 aromatic carbocycles. The molecule has 6 nitrogen and oxygen atoms in total. The van der Waals surface area contributed by atoms with E-state index in [1.165, 1.54) is 24.3 Å². The molecule has 0 aliphatic heterocycles. The Morgan fingerprint density at radius 2 is 2.00 bits per heavy atom. The number of benzene rings is 2. The van der Waals surface area contributed by atoms with Crippen LogP contribution in [0.2, 0.25) is 5.02 Å². The maximum absolute atomic E-state index is 12.1. The van der Waals surface area contributed by atoms with E-state index in [0.29, 0.717) is 12.2 Å². The molecule has 1 atom stereocenters. The third-order valence-corrected chi connectivity index (χ3v) is 3.96. The van der Waals surface area contributed by atoms with Crippen molar-refractivity contribution in [2.24, 2.45) is 0 Å². The average molecular weight is 375 g/mol. The molecule has 0 heterocycles. The zero-order valence-electron chi connectivity index (χ0n) is 14.4. The fourth-order valence-corrected chi connectivity index (χ4v) is 2.50. The van der Waals surface area contributed by atoms with Gasteiger partial charge in [0, 0.05) is 12.1 Å². The van der Waals surface area contributed by atoms with Crippen molar-refractivity contribution in [2.45, 2.75) is 19.9 Å². The molecule has 0 bridgehead atoms. The van der Waals surface area contributed by atoms with E-state index in [9.17, 15) is 14.9 Å². The summed E-state index contributed by atoms with van der Waals surface area (Å²) < 4.78 is 5.39. The molecule has 0 aliphatic carbocycles. The van der Waals surface area contributed by atoms with Crippen molar-refractivity contribution < 1.29 is 14.5 Å². The van der Waals surface area contributed by atoms with Crippen LogP contribution in [0, 0.1) is 10.1 Å². The van der Waals surface area contributed by atoms with Crippen LogP contribution in [-0.2, 0) is 4.79 Å². The minimum Gasteiger partial charge on any atom is -0.494 e. The van der Waals surface area contributed by atoms with Crippen LogP contribution < -0.4 is 10.1 Å². The standard InChI is InChI=1S/C19H19ClN2O4/c1-3-26-16-8-6-15(7-9-16)13(2)21-19(23)11-5-14-4-10-17(20)18(12-14)22(24)25/h4-13H,3H2,1-2H3,(H,21,23)/b11-5+. The normalized spacial score (nSPS) is 12.0. The Balaban J connectivity index is 2.00. The highest BCUT2D eigenvalue weighted by atomic mass is 35.5. The van der Waals surface area contributed by atoms with Gasteiger partial charge in [0.05, 0.1) is 17.6 Å². The summed E-state index contributed by atoms with van der Waals surface area (Å²) in [6.45, 7) is 4.38. The second-order valence-corrected chi connectivity index (χ2v) is 5.94. The molecule has 1 amide bonds. The zero-order chi connectivity index (χ0) is 19.1. The number of ether oxygens (including phenoxy) is 1. The molecule has 2 aromatic rings. The van der Waals surface area contributed by atoms with Crippen molar-refractivity contribution >= 4 is 29.3 Å². The van der Waals surface area contributed by atoms with E-state index in [-0.39, 0.29) is 22.7 Å². The topological polar surface area (TPSA) is 81.5 Å². The van der Waals surface area contributed by atoms with Gasteiger partial charge in [-0.05, 0) is 49.2 Å². The van der Waals surface area contributed by atoms with E-state index in [1.54, 1.807) is 6.07 Å². The quantitative estimate of drug-likeness (QED) is 0.438. The number of halogens is 1. The molecular weight excluding hydrogens is 356 g/mol. The number of hydrogen-bond donors (Lipinski definition) is 1. The lowest BCUT2D eigenvalue weighted by molar-refractivity contribution is -0.384. The number of nitro groups is 1. The minimum atomic E-state index is -0.562. The molecule has 136 valence electrons. The third-order valence-electron chi connectivity index (χ3n) is 3.64.